The van der Waals surface area contributed by atoms with Crippen molar-refractivity contribution in [2.75, 3.05) is 11.8 Å². The molecule has 3 aromatic carbocycles. The number of sulfonamides is 1. The van der Waals surface area contributed by atoms with Crippen LogP contribution in [0, 0.1) is 0 Å². The van der Waals surface area contributed by atoms with Crippen LogP contribution in [0.5, 0.6) is 5.75 Å². The Hall–Kier alpha value is -3.77. The predicted molar refractivity (Wildman–Crippen MR) is 131 cm³/mol. The summed E-state index contributed by atoms with van der Waals surface area (Å²) < 4.78 is 68.2. The first-order valence-electron chi connectivity index (χ1n) is 10.5. The summed E-state index contributed by atoms with van der Waals surface area (Å²) in [7, 11) is -4.33. The van der Waals surface area contributed by atoms with E-state index >= 15 is 0 Å². The number of anilines is 1. The molecule has 0 bridgehead atoms. The van der Waals surface area contributed by atoms with E-state index in [1.807, 2.05) is 18.2 Å². The second-order valence-corrected chi connectivity index (χ2v) is 9.76. The topological polar surface area (TPSA) is 122 Å². The molecule has 0 saturated carbocycles. The maximum Gasteiger partial charge on any atom is 0.516 e. The fourth-order valence-electron chi connectivity index (χ4n) is 3.41. The quantitative estimate of drug-likeness (QED) is 0.351. The summed E-state index contributed by atoms with van der Waals surface area (Å²) in [5.41, 5.74) is -4.92. The molecule has 0 fully saturated rings. The first-order chi connectivity index (χ1) is 17.3. The molecule has 8 nitrogen and oxygen atoms in total. The minimum atomic E-state index is -5.86. The van der Waals surface area contributed by atoms with Gasteiger partial charge in [-0.1, -0.05) is 60.1 Å². The molecule has 1 amide bonds. The van der Waals surface area contributed by atoms with E-state index in [0.29, 0.717) is 11.3 Å². The van der Waals surface area contributed by atoms with Crippen molar-refractivity contribution in [1.29, 1.82) is 0 Å². The van der Waals surface area contributed by atoms with E-state index < -0.39 is 44.7 Å². The Morgan fingerprint density at radius 1 is 1.03 bits per heavy atom. The Kier molecular flexibility index (Phi) is 8.34. The van der Waals surface area contributed by atoms with Gasteiger partial charge < -0.3 is 15.2 Å². The van der Waals surface area contributed by atoms with Crippen molar-refractivity contribution in [3.05, 3.63) is 82.9 Å². The maximum absolute atomic E-state index is 12.8. The number of rotatable bonds is 9. The van der Waals surface area contributed by atoms with Crippen molar-refractivity contribution in [3.63, 3.8) is 0 Å². The molecule has 0 heterocycles. The molecule has 0 radical (unpaired) electrons. The number of halogens is 4. The number of carbonyl (C=O) groups excluding carboxylic acids is 1. The van der Waals surface area contributed by atoms with Gasteiger partial charge in [-0.15, -0.1) is 0 Å². The molecule has 0 aliphatic heterocycles. The number of carboxylic acid groups (broad SMARTS) is 1. The van der Waals surface area contributed by atoms with Crippen molar-refractivity contribution in [2.45, 2.75) is 18.0 Å². The fraction of sp³-hybridized carbons (Fsp3) is 0.167. The minimum absolute atomic E-state index is 0.179. The number of carbonyl (C=O) groups is 2. The van der Waals surface area contributed by atoms with Crippen LogP contribution < -0.4 is 14.8 Å². The Labute approximate surface area is 215 Å². The highest BCUT2D eigenvalue weighted by Crippen LogP contribution is 2.31. The molecule has 13 heteroatoms. The standard InChI is InChI=1S/C24H20ClF3N2O6S/c1-36-20-8-3-2-5-16(20)15-11-9-14(10-12-15)13-19(23(32)33)29-22(31)21-17(25)6-4-7-18(21)30-37(34,35)24(26,27)28/h2-12,19,30H,13H2,1H3,(H,29,31)(H,32,33)/t19-/m0/s1. The van der Waals surface area contributed by atoms with Gasteiger partial charge in [0.05, 0.1) is 23.4 Å². The van der Waals surface area contributed by atoms with Gasteiger partial charge in [0.25, 0.3) is 5.91 Å². The van der Waals surface area contributed by atoms with Crippen LogP contribution in [0.1, 0.15) is 15.9 Å². The smallest absolute Gasteiger partial charge is 0.496 e. The van der Waals surface area contributed by atoms with Crippen molar-refractivity contribution >= 4 is 39.2 Å². The normalized spacial score (nSPS) is 12.5. The number of methoxy groups -OCH3 is 1. The molecular formula is C24H20ClF3N2O6S. The lowest BCUT2D eigenvalue weighted by Gasteiger charge is -2.18. The van der Waals surface area contributed by atoms with Crippen LogP contribution in [0.4, 0.5) is 18.9 Å². The third-order valence-corrected chi connectivity index (χ3v) is 6.62. The molecule has 0 aliphatic carbocycles. The number of carboxylic acids is 1. The van der Waals surface area contributed by atoms with E-state index in [4.69, 9.17) is 16.3 Å². The third kappa shape index (κ3) is 6.52. The number of hydrogen-bond acceptors (Lipinski definition) is 5. The molecule has 3 aromatic rings. The van der Waals surface area contributed by atoms with Gasteiger partial charge in [0, 0.05) is 12.0 Å². The number of ether oxygens (including phenoxy) is 1. The van der Waals surface area contributed by atoms with Gasteiger partial charge >= 0.3 is 21.5 Å². The molecule has 0 unspecified atom stereocenters. The Morgan fingerprint density at radius 3 is 2.27 bits per heavy atom. The summed E-state index contributed by atoms with van der Waals surface area (Å²) >= 11 is 5.96. The molecule has 1 atom stereocenters. The lowest BCUT2D eigenvalue weighted by atomic mass is 10.00. The van der Waals surface area contributed by atoms with Crippen LogP contribution in [0.25, 0.3) is 11.1 Å². The van der Waals surface area contributed by atoms with Crippen LogP contribution >= 0.6 is 11.6 Å². The van der Waals surface area contributed by atoms with Crippen LogP contribution in [0.2, 0.25) is 5.02 Å². The van der Waals surface area contributed by atoms with Crippen LogP contribution in [-0.2, 0) is 21.2 Å². The van der Waals surface area contributed by atoms with Gasteiger partial charge in [-0.05, 0) is 29.3 Å². The minimum Gasteiger partial charge on any atom is -0.496 e. The van der Waals surface area contributed by atoms with E-state index in [-0.39, 0.29) is 11.4 Å². The maximum atomic E-state index is 12.8. The van der Waals surface area contributed by atoms with E-state index in [0.717, 1.165) is 29.3 Å². The van der Waals surface area contributed by atoms with Gasteiger partial charge in [-0.2, -0.15) is 21.6 Å². The molecule has 196 valence electrons. The highest BCUT2D eigenvalue weighted by molar-refractivity contribution is 7.93. The number of para-hydroxylation sites is 1. The zero-order chi connectivity index (χ0) is 27.4. The Bertz CT molecular complexity index is 1410. The number of alkyl halides is 3. The van der Waals surface area contributed by atoms with Crippen LogP contribution in [0.15, 0.2) is 66.7 Å². The summed E-state index contributed by atoms with van der Waals surface area (Å²) in [6.45, 7) is 0. The highest BCUT2D eigenvalue weighted by atomic mass is 35.5. The van der Waals surface area contributed by atoms with Crippen molar-refractivity contribution < 1.29 is 41.0 Å². The number of benzene rings is 3. The number of aliphatic carboxylic acids is 1. The van der Waals surface area contributed by atoms with E-state index in [1.165, 1.54) is 11.8 Å². The summed E-state index contributed by atoms with van der Waals surface area (Å²) in [6.07, 6.45) is -0.179. The summed E-state index contributed by atoms with van der Waals surface area (Å²) in [4.78, 5) is 24.7. The summed E-state index contributed by atoms with van der Waals surface area (Å²) in [5, 5.41) is 11.4. The first-order valence-corrected chi connectivity index (χ1v) is 12.3. The van der Waals surface area contributed by atoms with Gasteiger partial charge in [0.1, 0.15) is 11.8 Å². The molecule has 0 aromatic heterocycles. The summed E-state index contributed by atoms with van der Waals surface area (Å²) in [6, 6.07) is 15.8. The lowest BCUT2D eigenvalue weighted by Crippen LogP contribution is -2.42. The second kappa shape index (κ2) is 11.1. The van der Waals surface area contributed by atoms with Gasteiger partial charge in [0.15, 0.2) is 0 Å². The largest absolute Gasteiger partial charge is 0.516 e. The molecule has 3 rings (SSSR count). The highest BCUT2D eigenvalue weighted by Gasteiger charge is 2.46. The molecule has 0 spiro atoms. The van der Waals surface area contributed by atoms with Crippen LogP contribution in [0.3, 0.4) is 0 Å². The number of hydrogen-bond donors (Lipinski definition) is 3. The molecular weight excluding hydrogens is 537 g/mol. The summed E-state index contributed by atoms with van der Waals surface area (Å²) in [5.74, 6) is -1.96. The zero-order valence-electron chi connectivity index (χ0n) is 19.0. The molecule has 3 N–H and O–H groups in total. The Balaban J connectivity index is 1.83. The second-order valence-electron chi connectivity index (χ2n) is 7.68. The van der Waals surface area contributed by atoms with E-state index in [9.17, 15) is 36.3 Å². The number of amides is 1. The average Bonchev–Trinajstić information content (AvgIpc) is 2.83. The molecule has 0 saturated heterocycles. The Morgan fingerprint density at radius 2 is 1.68 bits per heavy atom. The molecule has 37 heavy (non-hydrogen) atoms. The van der Waals surface area contributed by atoms with Gasteiger partial charge in [-0.25, -0.2) is 4.79 Å². The monoisotopic (exact) mass is 556 g/mol. The van der Waals surface area contributed by atoms with Crippen molar-refractivity contribution in [1.82, 2.24) is 5.32 Å². The zero-order valence-corrected chi connectivity index (χ0v) is 20.6. The van der Waals surface area contributed by atoms with Crippen LogP contribution in [-0.4, -0.2) is 44.1 Å². The first kappa shape index (κ1) is 27.8. The average molecular weight is 557 g/mol. The van der Waals surface area contributed by atoms with Gasteiger partial charge in [-0.3, -0.25) is 9.52 Å². The van der Waals surface area contributed by atoms with E-state index in [2.05, 4.69) is 5.32 Å². The molecule has 0 aliphatic rings. The van der Waals surface area contributed by atoms with E-state index in [1.54, 1.807) is 30.3 Å². The third-order valence-electron chi connectivity index (χ3n) is 5.20. The fourth-order valence-corrected chi connectivity index (χ4v) is 4.25. The van der Waals surface area contributed by atoms with Gasteiger partial charge in [0.2, 0.25) is 0 Å². The lowest BCUT2D eigenvalue weighted by molar-refractivity contribution is -0.139. The number of nitrogens with one attached hydrogen (secondary N) is 2. The SMILES string of the molecule is COc1ccccc1-c1ccc(C[C@H](NC(=O)c2c(Cl)cccc2NS(=O)(=O)C(F)(F)F)C(=O)O)cc1. The van der Waals surface area contributed by atoms with Crippen molar-refractivity contribution in [2.24, 2.45) is 0 Å². The van der Waals surface area contributed by atoms with Crippen molar-refractivity contribution in [3.8, 4) is 16.9 Å². The predicted octanol–water partition coefficient (Wildman–Crippen LogP) is 4.70.